The van der Waals surface area contributed by atoms with Crippen molar-refractivity contribution in [3.63, 3.8) is 0 Å². The van der Waals surface area contributed by atoms with Gasteiger partial charge in [0.15, 0.2) is 0 Å². The molecule has 0 heterocycles. The molecule has 0 amide bonds. The van der Waals surface area contributed by atoms with Crippen molar-refractivity contribution in [3.8, 4) is 0 Å². The maximum Gasteiger partial charge on any atom is 2.00 e. The number of hydrogen-bond acceptors (Lipinski definition) is 6. The molecular formula is C22H30N2O4Sn. The fraction of sp³-hybridized carbons (Fsp3) is 0.273. The molecule has 0 saturated heterocycles. The molecule has 0 aromatic heterocycles. The summed E-state index contributed by atoms with van der Waals surface area (Å²) in [6, 6.07) is 12.0. The summed E-state index contributed by atoms with van der Waals surface area (Å²) in [7, 11) is 0. The van der Waals surface area contributed by atoms with Crippen molar-refractivity contribution in [1.82, 2.24) is 0 Å². The van der Waals surface area contributed by atoms with Crippen LogP contribution in [-0.4, -0.2) is 35.8 Å². The van der Waals surface area contributed by atoms with E-state index in [-0.39, 0.29) is 35.0 Å². The molecule has 29 heavy (non-hydrogen) atoms. The summed E-state index contributed by atoms with van der Waals surface area (Å²) in [5, 5.41) is 20.4. The fourth-order valence-electron chi connectivity index (χ4n) is 1.33. The number of hydrogen-bond donors (Lipinski definition) is 2. The van der Waals surface area contributed by atoms with E-state index in [1.54, 1.807) is 24.3 Å². The molecule has 0 aliphatic rings. The van der Waals surface area contributed by atoms with E-state index in [1.165, 1.54) is 37.1 Å². The predicted molar refractivity (Wildman–Crippen MR) is 117 cm³/mol. The summed E-state index contributed by atoms with van der Waals surface area (Å²) in [6.45, 7) is 11.4. The second kappa shape index (κ2) is 20.5. The van der Waals surface area contributed by atoms with Crippen molar-refractivity contribution in [2.24, 2.45) is 0 Å². The minimum Gasteiger partial charge on any atom is -0.545 e. The molecule has 4 radical (unpaired) electrons. The summed E-state index contributed by atoms with van der Waals surface area (Å²) in [6.07, 6.45) is 4.56. The van der Waals surface area contributed by atoms with E-state index in [0.717, 1.165) is 12.8 Å². The molecule has 0 unspecified atom stereocenters. The normalized spacial score (nSPS) is 8.41. The van der Waals surface area contributed by atoms with Gasteiger partial charge in [-0.2, -0.15) is 0 Å². The van der Waals surface area contributed by atoms with E-state index in [2.05, 4.69) is 27.7 Å². The molecule has 2 rings (SSSR count). The molecule has 0 aliphatic carbocycles. The van der Waals surface area contributed by atoms with Gasteiger partial charge in [0.05, 0.1) is 11.9 Å². The quantitative estimate of drug-likeness (QED) is 0.484. The van der Waals surface area contributed by atoms with E-state index < -0.39 is 11.9 Å². The van der Waals surface area contributed by atoms with Gasteiger partial charge in [0, 0.05) is 11.4 Å². The number of unbranched alkanes of at least 4 members (excludes halogenated alkanes) is 2. The Morgan fingerprint density at radius 2 is 1.07 bits per heavy atom. The Balaban J connectivity index is -0.000000336. The monoisotopic (exact) mass is 506 g/mol. The first kappa shape index (κ1) is 31.5. The van der Waals surface area contributed by atoms with Crippen LogP contribution in [0, 0.1) is 13.8 Å². The Morgan fingerprint density at radius 1 is 0.793 bits per heavy atom. The standard InChI is InChI=1S/2C7H7NO2.2C4H9.Sn/c2*8-6-3-1-2-5(4-6)7(9)10;2*1-3-4-2;/h2*1-4H,8H2,(H,9,10);2*1,3-4H2,2H3;/q;;;;+2/p-2. The summed E-state index contributed by atoms with van der Waals surface area (Å²) >= 11 is 0. The molecule has 0 aliphatic heterocycles. The van der Waals surface area contributed by atoms with Crippen molar-refractivity contribution < 1.29 is 19.8 Å². The number of benzene rings is 2. The van der Waals surface area contributed by atoms with Gasteiger partial charge in [-0.05, 0) is 35.4 Å². The molecular weight excluding hydrogens is 475 g/mol. The molecule has 2 aromatic carbocycles. The largest absolute Gasteiger partial charge is 2.00 e. The van der Waals surface area contributed by atoms with Crippen LogP contribution in [0.3, 0.4) is 0 Å². The van der Waals surface area contributed by atoms with Crippen molar-refractivity contribution >= 4 is 47.2 Å². The third-order valence-electron chi connectivity index (χ3n) is 2.95. The van der Waals surface area contributed by atoms with Crippen LogP contribution in [0.2, 0.25) is 0 Å². The molecule has 2 aromatic rings. The number of carbonyl (C=O) groups excluding carboxylic acids is 2. The number of anilines is 2. The SMILES string of the molecule is Nc1cccc(C(=O)[O-])c1.Nc1cccc(C(=O)[O-])c1.[CH2]CCC.[CH2]CCC.[Sn+2]. The van der Waals surface area contributed by atoms with Gasteiger partial charge >= 0.3 is 23.9 Å². The Labute approximate surface area is 191 Å². The summed E-state index contributed by atoms with van der Waals surface area (Å²) in [4.78, 5) is 20.4. The van der Waals surface area contributed by atoms with Crippen LogP contribution in [0.1, 0.15) is 60.2 Å². The molecule has 0 spiro atoms. The molecule has 6 nitrogen and oxygen atoms in total. The zero-order chi connectivity index (χ0) is 21.9. The third-order valence-corrected chi connectivity index (χ3v) is 2.95. The second-order valence-corrected chi connectivity index (χ2v) is 5.53. The number of carboxylic acids is 2. The van der Waals surface area contributed by atoms with Crippen LogP contribution >= 0.6 is 0 Å². The first-order chi connectivity index (χ1) is 13.2. The van der Waals surface area contributed by atoms with E-state index in [9.17, 15) is 19.8 Å². The van der Waals surface area contributed by atoms with Gasteiger partial charge in [0.2, 0.25) is 0 Å². The van der Waals surface area contributed by atoms with Gasteiger partial charge < -0.3 is 31.3 Å². The average molecular weight is 505 g/mol. The van der Waals surface area contributed by atoms with Gasteiger partial charge in [-0.15, -0.1) is 0 Å². The van der Waals surface area contributed by atoms with Gasteiger partial charge in [-0.3, -0.25) is 0 Å². The first-order valence-electron chi connectivity index (χ1n) is 8.95. The summed E-state index contributed by atoms with van der Waals surface area (Å²) in [5.41, 5.74) is 11.7. The Kier molecular flexibility index (Phi) is 22.3. The Morgan fingerprint density at radius 3 is 1.21 bits per heavy atom. The van der Waals surface area contributed by atoms with Crippen LogP contribution in [-0.2, 0) is 0 Å². The van der Waals surface area contributed by atoms with Gasteiger partial charge in [0.25, 0.3) is 0 Å². The topological polar surface area (TPSA) is 132 Å². The smallest absolute Gasteiger partial charge is 0.545 e. The molecule has 0 bridgehead atoms. The van der Waals surface area contributed by atoms with Crippen LogP contribution < -0.4 is 21.7 Å². The molecule has 0 saturated carbocycles. The number of carbonyl (C=O) groups is 2. The van der Waals surface area contributed by atoms with E-state index in [4.69, 9.17) is 11.5 Å². The Hall–Kier alpha value is -2.22. The first-order valence-corrected chi connectivity index (χ1v) is 8.95. The van der Waals surface area contributed by atoms with E-state index >= 15 is 0 Å². The van der Waals surface area contributed by atoms with Crippen molar-refractivity contribution in [3.05, 3.63) is 73.5 Å². The van der Waals surface area contributed by atoms with Crippen molar-refractivity contribution in [1.29, 1.82) is 0 Å². The zero-order valence-electron chi connectivity index (χ0n) is 17.1. The number of rotatable bonds is 4. The van der Waals surface area contributed by atoms with E-state index in [0.29, 0.717) is 11.4 Å². The zero-order valence-corrected chi connectivity index (χ0v) is 20.0. The van der Waals surface area contributed by atoms with Gasteiger partial charge in [-0.1, -0.05) is 77.6 Å². The predicted octanol–water partition coefficient (Wildman–Crippen LogP) is 2.12. The van der Waals surface area contributed by atoms with Crippen LogP contribution in [0.15, 0.2) is 48.5 Å². The molecule has 156 valence electrons. The Bertz CT molecular complexity index is 631. The van der Waals surface area contributed by atoms with Gasteiger partial charge in [-0.25, -0.2) is 0 Å². The maximum atomic E-state index is 10.2. The summed E-state index contributed by atoms with van der Waals surface area (Å²) < 4.78 is 0. The number of nitrogen functional groups attached to an aromatic ring is 2. The average Bonchev–Trinajstić information content (AvgIpc) is 2.69. The minimum absolute atomic E-state index is 0. The maximum absolute atomic E-state index is 10.2. The number of nitrogens with two attached hydrogens (primary N) is 2. The number of carboxylic acid groups (broad SMARTS) is 2. The van der Waals surface area contributed by atoms with Gasteiger partial charge in [0.1, 0.15) is 0 Å². The molecule has 0 fully saturated rings. The van der Waals surface area contributed by atoms with Crippen molar-refractivity contribution in [2.75, 3.05) is 11.5 Å². The van der Waals surface area contributed by atoms with Crippen LogP contribution in [0.25, 0.3) is 0 Å². The molecule has 0 atom stereocenters. The number of aromatic carboxylic acids is 2. The fourth-order valence-corrected chi connectivity index (χ4v) is 1.33. The van der Waals surface area contributed by atoms with Crippen molar-refractivity contribution in [2.45, 2.75) is 39.5 Å². The third kappa shape index (κ3) is 18.9. The summed E-state index contributed by atoms with van der Waals surface area (Å²) in [5.74, 6) is -2.40. The van der Waals surface area contributed by atoms with E-state index in [1.807, 2.05) is 0 Å². The molecule has 7 heteroatoms. The molecule has 4 N–H and O–H groups in total. The van der Waals surface area contributed by atoms with Crippen LogP contribution in [0.4, 0.5) is 11.4 Å². The van der Waals surface area contributed by atoms with Crippen LogP contribution in [0.5, 0.6) is 0 Å². The minimum atomic E-state index is -1.20. The second-order valence-electron chi connectivity index (χ2n) is 5.53.